The van der Waals surface area contributed by atoms with Crippen LogP contribution in [0.25, 0.3) is 0 Å². The van der Waals surface area contributed by atoms with Gasteiger partial charge in [-0.3, -0.25) is 9.52 Å². The van der Waals surface area contributed by atoms with Gasteiger partial charge in [0.05, 0.1) is 36.7 Å². The number of carbonyl (C=O) groups is 2. The van der Waals surface area contributed by atoms with Gasteiger partial charge < -0.3 is 25.0 Å². The number of benzene rings is 1. The summed E-state index contributed by atoms with van der Waals surface area (Å²) in [5.41, 5.74) is 0.327. The van der Waals surface area contributed by atoms with Gasteiger partial charge in [-0.1, -0.05) is 13.0 Å². The molecule has 0 aromatic heterocycles. The number of ether oxygens (including phenoxy) is 1. The van der Waals surface area contributed by atoms with Gasteiger partial charge in [0, 0.05) is 25.6 Å². The number of nitrogens with zero attached hydrogens (tertiary/aromatic N) is 2. The molecule has 3 amide bonds. The lowest BCUT2D eigenvalue weighted by Crippen LogP contribution is -2.51. The van der Waals surface area contributed by atoms with E-state index in [2.05, 4.69) is 10.0 Å². The maximum atomic E-state index is 13.3. The third-order valence-electron chi connectivity index (χ3n) is 5.20. The summed E-state index contributed by atoms with van der Waals surface area (Å²) in [6, 6.07) is 3.89. The molecular formula is C21H34N4O6S. The molecule has 2 rings (SSSR count). The van der Waals surface area contributed by atoms with Crippen molar-refractivity contribution >= 4 is 27.6 Å². The number of amides is 3. The number of sulfonamides is 1. The van der Waals surface area contributed by atoms with Crippen LogP contribution in [-0.2, 0) is 10.0 Å². The maximum Gasteiger partial charge on any atom is 0.317 e. The molecule has 3 N–H and O–H groups in total. The van der Waals surface area contributed by atoms with Gasteiger partial charge in [0.15, 0.2) is 5.75 Å². The molecule has 0 aliphatic carbocycles. The van der Waals surface area contributed by atoms with Crippen LogP contribution in [0.15, 0.2) is 18.2 Å². The van der Waals surface area contributed by atoms with Crippen molar-refractivity contribution in [3.8, 4) is 5.75 Å². The van der Waals surface area contributed by atoms with Crippen LogP contribution in [-0.4, -0.2) is 86.4 Å². The quantitative estimate of drug-likeness (QED) is 0.552. The van der Waals surface area contributed by atoms with Gasteiger partial charge in [-0.2, -0.15) is 0 Å². The molecule has 11 heteroatoms. The molecule has 1 aliphatic rings. The third-order valence-corrected chi connectivity index (χ3v) is 5.79. The number of hydrogen-bond acceptors (Lipinski definition) is 6. The van der Waals surface area contributed by atoms with E-state index in [0.717, 1.165) is 6.26 Å². The van der Waals surface area contributed by atoms with E-state index in [1.807, 2.05) is 20.8 Å². The zero-order valence-electron chi connectivity index (χ0n) is 19.5. The van der Waals surface area contributed by atoms with E-state index in [4.69, 9.17) is 4.74 Å². The number of likely N-dealkylation sites (N-methyl/N-ethyl adjacent to an activating group) is 1. The van der Waals surface area contributed by atoms with Crippen LogP contribution in [0.2, 0.25) is 0 Å². The zero-order chi connectivity index (χ0) is 24.2. The topological polar surface area (TPSA) is 128 Å². The van der Waals surface area contributed by atoms with E-state index in [9.17, 15) is 23.1 Å². The van der Waals surface area contributed by atoms with Crippen LogP contribution < -0.4 is 14.8 Å². The number of fused-ring (bicyclic) bond motifs is 1. The molecule has 180 valence electrons. The molecular weight excluding hydrogens is 436 g/mol. The Morgan fingerprint density at radius 3 is 2.56 bits per heavy atom. The summed E-state index contributed by atoms with van der Waals surface area (Å²) in [5, 5.41) is 12.5. The first-order valence-corrected chi connectivity index (χ1v) is 12.4. The Balaban J connectivity index is 2.51. The molecule has 3 atom stereocenters. The standard InChI is InChI=1S/C21H34N4O6S/c1-13(2)22-21(28)24(5)11-18-14(3)10-25(15(4)12-26)20(27)16-8-7-9-17(19(16)31-18)23-32(6,29)30/h7-9,13-15,18,23,26H,10-12H2,1-6H3,(H,22,28)/t14-,15-,18+/m1/s1. The number of carbonyl (C=O) groups excluding carboxylic acids is 2. The Bertz CT molecular complexity index is 936. The number of hydrogen-bond donors (Lipinski definition) is 3. The van der Waals surface area contributed by atoms with Crippen molar-refractivity contribution in [2.24, 2.45) is 5.92 Å². The molecule has 10 nitrogen and oxygen atoms in total. The minimum Gasteiger partial charge on any atom is -0.485 e. The van der Waals surface area contributed by atoms with Gasteiger partial charge in [-0.05, 0) is 32.9 Å². The molecule has 0 spiro atoms. The number of para-hydroxylation sites is 1. The van der Waals surface area contributed by atoms with E-state index in [1.54, 1.807) is 31.0 Å². The van der Waals surface area contributed by atoms with Crippen LogP contribution in [0.5, 0.6) is 5.75 Å². The van der Waals surface area contributed by atoms with Crippen molar-refractivity contribution < 1.29 is 27.9 Å². The Morgan fingerprint density at radius 1 is 1.34 bits per heavy atom. The van der Waals surface area contributed by atoms with Gasteiger partial charge in [-0.25, -0.2) is 13.2 Å². The predicted octanol–water partition coefficient (Wildman–Crippen LogP) is 1.33. The molecule has 1 aliphatic heterocycles. The number of anilines is 1. The maximum absolute atomic E-state index is 13.3. The average molecular weight is 471 g/mol. The van der Waals surface area contributed by atoms with Gasteiger partial charge in [0.25, 0.3) is 5.91 Å². The van der Waals surface area contributed by atoms with Gasteiger partial charge >= 0.3 is 6.03 Å². The highest BCUT2D eigenvalue weighted by Crippen LogP contribution is 2.35. The highest BCUT2D eigenvalue weighted by molar-refractivity contribution is 7.92. The summed E-state index contributed by atoms with van der Waals surface area (Å²) < 4.78 is 32.4. The molecule has 0 saturated heterocycles. The molecule has 1 heterocycles. The predicted molar refractivity (Wildman–Crippen MR) is 122 cm³/mol. The van der Waals surface area contributed by atoms with Gasteiger partial charge in [0.2, 0.25) is 10.0 Å². The lowest BCUT2D eigenvalue weighted by atomic mass is 9.99. The zero-order valence-corrected chi connectivity index (χ0v) is 20.3. The van der Waals surface area contributed by atoms with Crippen molar-refractivity contribution in [3.63, 3.8) is 0 Å². The summed E-state index contributed by atoms with van der Waals surface area (Å²) in [7, 11) is -1.99. The van der Waals surface area contributed by atoms with Crippen LogP contribution >= 0.6 is 0 Å². The van der Waals surface area contributed by atoms with Crippen molar-refractivity contribution in [1.82, 2.24) is 15.1 Å². The normalized spacial score (nSPS) is 20.0. The largest absolute Gasteiger partial charge is 0.485 e. The number of aliphatic hydroxyl groups excluding tert-OH is 1. The molecule has 0 saturated carbocycles. The lowest BCUT2D eigenvalue weighted by Gasteiger charge is -2.38. The fourth-order valence-electron chi connectivity index (χ4n) is 3.45. The van der Waals surface area contributed by atoms with Crippen LogP contribution in [0, 0.1) is 5.92 Å². The first-order valence-electron chi connectivity index (χ1n) is 10.5. The van der Waals surface area contributed by atoms with Crippen LogP contribution in [0.4, 0.5) is 10.5 Å². The van der Waals surface area contributed by atoms with E-state index in [1.165, 1.54) is 11.0 Å². The molecule has 0 radical (unpaired) electrons. The van der Waals surface area contributed by atoms with E-state index >= 15 is 0 Å². The van der Waals surface area contributed by atoms with E-state index in [-0.39, 0.29) is 54.1 Å². The third kappa shape index (κ3) is 6.49. The molecule has 0 fully saturated rings. The number of aliphatic hydroxyl groups is 1. The van der Waals surface area contributed by atoms with Crippen molar-refractivity contribution in [1.29, 1.82) is 0 Å². The van der Waals surface area contributed by atoms with E-state index in [0.29, 0.717) is 6.54 Å². The fraction of sp³-hybridized carbons (Fsp3) is 0.619. The van der Waals surface area contributed by atoms with Crippen molar-refractivity contribution in [2.75, 3.05) is 37.7 Å². The molecule has 1 aromatic carbocycles. The molecule has 32 heavy (non-hydrogen) atoms. The molecule has 1 aromatic rings. The monoisotopic (exact) mass is 470 g/mol. The first-order chi connectivity index (χ1) is 14.8. The van der Waals surface area contributed by atoms with Crippen molar-refractivity contribution in [3.05, 3.63) is 23.8 Å². The molecule has 0 bridgehead atoms. The number of nitrogens with one attached hydrogen (secondary N) is 2. The minimum atomic E-state index is -3.63. The smallest absolute Gasteiger partial charge is 0.317 e. The summed E-state index contributed by atoms with van der Waals surface area (Å²) in [4.78, 5) is 28.8. The SMILES string of the molecule is CC(C)NC(=O)N(C)C[C@@H]1Oc2c(NS(C)(=O)=O)cccc2C(=O)N([C@H](C)CO)C[C@H]1C. The summed E-state index contributed by atoms with van der Waals surface area (Å²) in [5.74, 6) is -0.483. The second-order valence-corrected chi connectivity index (χ2v) is 10.4. The second kappa shape index (κ2) is 10.4. The highest BCUT2D eigenvalue weighted by Gasteiger charge is 2.35. The van der Waals surface area contributed by atoms with E-state index < -0.39 is 22.2 Å². The highest BCUT2D eigenvalue weighted by atomic mass is 32.2. The molecule has 0 unspecified atom stereocenters. The van der Waals surface area contributed by atoms with Crippen molar-refractivity contribution in [2.45, 2.75) is 45.9 Å². The van der Waals surface area contributed by atoms with Crippen LogP contribution in [0.1, 0.15) is 38.1 Å². The first kappa shape index (κ1) is 25.7. The Kier molecular flexibility index (Phi) is 8.35. The number of urea groups is 1. The van der Waals surface area contributed by atoms with Gasteiger partial charge in [-0.15, -0.1) is 0 Å². The minimum absolute atomic E-state index is 0.0366. The summed E-state index contributed by atoms with van der Waals surface area (Å²) >= 11 is 0. The average Bonchev–Trinajstić information content (AvgIpc) is 2.68. The lowest BCUT2D eigenvalue weighted by molar-refractivity contribution is 0.0369. The Hall–Kier alpha value is -2.53. The number of rotatable bonds is 7. The van der Waals surface area contributed by atoms with Gasteiger partial charge in [0.1, 0.15) is 6.10 Å². The summed E-state index contributed by atoms with van der Waals surface area (Å²) in [6.07, 6.45) is 0.474. The van der Waals surface area contributed by atoms with Crippen LogP contribution in [0.3, 0.4) is 0 Å². The Labute approximate surface area is 190 Å². The Morgan fingerprint density at radius 2 is 2.00 bits per heavy atom. The fourth-order valence-corrected chi connectivity index (χ4v) is 4.01. The second-order valence-electron chi connectivity index (χ2n) is 8.66. The summed E-state index contributed by atoms with van der Waals surface area (Å²) in [6.45, 7) is 7.64.